The fourth-order valence-corrected chi connectivity index (χ4v) is 3.66. The lowest BCUT2D eigenvalue weighted by Crippen LogP contribution is -2.17. The molecule has 1 heterocycles. The lowest BCUT2D eigenvalue weighted by atomic mass is 10.0. The maximum Gasteiger partial charge on any atom is 0.573 e. The summed E-state index contributed by atoms with van der Waals surface area (Å²) in [6.45, 7) is 2.44. The molecule has 2 N–H and O–H groups in total. The molecule has 0 aliphatic rings. The van der Waals surface area contributed by atoms with Crippen molar-refractivity contribution < 1.29 is 22.7 Å². The lowest BCUT2D eigenvalue weighted by Gasteiger charge is -2.11. The van der Waals surface area contributed by atoms with E-state index in [1.54, 1.807) is 24.3 Å². The second-order valence-electron chi connectivity index (χ2n) is 6.96. The summed E-state index contributed by atoms with van der Waals surface area (Å²) in [6.07, 6.45) is -3.91. The predicted molar refractivity (Wildman–Crippen MR) is 108 cm³/mol. The van der Waals surface area contributed by atoms with E-state index in [0.29, 0.717) is 12.1 Å². The molecule has 0 saturated carbocycles. The fourth-order valence-electron chi connectivity index (χ4n) is 3.66. The first-order valence-electron chi connectivity index (χ1n) is 9.37. The first-order chi connectivity index (χ1) is 14.3. The first-order valence-corrected chi connectivity index (χ1v) is 9.37. The minimum absolute atomic E-state index is 0.272. The Hall–Kier alpha value is -3.48. The molecule has 30 heavy (non-hydrogen) atoms. The summed E-state index contributed by atoms with van der Waals surface area (Å²) >= 11 is 0. The van der Waals surface area contributed by atoms with Crippen LogP contribution >= 0.6 is 0 Å². The van der Waals surface area contributed by atoms with E-state index >= 15 is 0 Å². The summed E-state index contributed by atoms with van der Waals surface area (Å²) in [5.74, 6) is -0.799. The summed E-state index contributed by atoms with van der Waals surface area (Å²) in [6, 6.07) is 18.3. The minimum atomic E-state index is -4.73. The third kappa shape index (κ3) is 3.70. The maximum absolute atomic E-state index is 12.4. The van der Waals surface area contributed by atoms with E-state index in [1.807, 2.05) is 29.7 Å². The number of hydrogen-bond acceptors (Lipinski definition) is 2. The number of fused-ring (bicyclic) bond motifs is 3. The number of aryl methyl sites for hydroxylation is 1. The molecule has 4 aromatic rings. The summed E-state index contributed by atoms with van der Waals surface area (Å²) in [7, 11) is 0. The largest absolute Gasteiger partial charge is 0.573 e. The van der Waals surface area contributed by atoms with Crippen LogP contribution in [0.1, 0.15) is 28.4 Å². The Balaban J connectivity index is 1.85. The molecule has 0 unspecified atom stereocenters. The fraction of sp³-hybridized carbons (Fsp3) is 0.174. The van der Waals surface area contributed by atoms with Gasteiger partial charge in [-0.05, 0) is 53.9 Å². The second-order valence-corrected chi connectivity index (χ2v) is 6.96. The van der Waals surface area contributed by atoms with Gasteiger partial charge in [-0.2, -0.15) is 0 Å². The molecule has 7 heteroatoms. The third-order valence-corrected chi connectivity index (χ3v) is 5.03. The van der Waals surface area contributed by atoms with Crippen LogP contribution in [0.2, 0.25) is 0 Å². The molecule has 4 rings (SSSR count). The van der Waals surface area contributed by atoms with Crippen LogP contribution in [0.4, 0.5) is 13.2 Å². The van der Waals surface area contributed by atoms with Gasteiger partial charge in [0.05, 0.1) is 11.0 Å². The molecule has 3 aromatic carbocycles. The number of benzene rings is 3. The molecule has 1 amide bonds. The Labute approximate surface area is 170 Å². The Morgan fingerprint density at radius 1 is 1.10 bits per heavy atom. The van der Waals surface area contributed by atoms with Crippen LogP contribution in [0, 0.1) is 6.07 Å². The normalized spacial score (nSPS) is 11.9. The third-order valence-electron chi connectivity index (χ3n) is 5.03. The number of carbonyl (C=O) groups is 1. The van der Waals surface area contributed by atoms with E-state index in [2.05, 4.69) is 10.8 Å². The molecule has 0 aliphatic carbocycles. The van der Waals surface area contributed by atoms with Crippen LogP contribution in [-0.4, -0.2) is 16.8 Å². The zero-order chi connectivity index (χ0) is 21.5. The molecule has 153 valence electrons. The standard InChI is InChI=1S/C23H18F3N2O2/c1-2-14-8-11-17-20(12-14)28(19-5-3-4-18(21(17)19)22(27)29)13-15-6-9-16(10-7-15)30-23(24,25)26/h3-10,12H,2,13H2,1H3,(H2,27,29). The van der Waals surface area contributed by atoms with Crippen LogP contribution in [0.15, 0.2) is 54.6 Å². The molecule has 0 aliphatic heterocycles. The number of hydrogen-bond donors (Lipinski definition) is 1. The van der Waals surface area contributed by atoms with Gasteiger partial charge in [-0.1, -0.05) is 31.2 Å². The Kier molecular flexibility index (Phi) is 4.89. The molecule has 0 spiro atoms. The summed E-state index contributed by atoms with van der Waals surface area (Å²) in [4.78, 5) is 12.0. The van der Waals surface area contributed by atoms with Gasteiger partial charge in [-0.25, -0.2) is 0 Å². The van der Waals surface area contributed by atoms with Crippen molar-refractivity contribution in [2.75, 3.05) is 0 Å². The van der Waals surface area contributed by atoms with Crippen LogP contribution in [0.3, 0.4) is 0 Å². The van der Waals surface area contributed by atoms with E-state index in [0.717, 1.165) is 39.4 Å². The molecule has 0 saturated heterocycles. The summed E-state index contributed by atoms with van der Waals surface area (Å²) in [5.41, 5.74) is 9.56. The van der Waals surface area contributed by atoms with Crippen LogP contribution in [-0.2, 0) is 13.0 Å². The van der Waals surface area contributed by atoms with E-state index in [-0.39, 0.29) is 5.75 Å². The van der Waals surface area contributed by atoms with Crippen molar-refractivity contribution in [3.05, 3.63) is 77.4 Å². The Morgan fingerprint density at radius 3 is 2.47 bits per heavy atom. The van der Waals surface area contributed by atoms with Crippen LogP contribution in [0.5, 0.6) is 5.75 Å². The number of rotatable bonds is 5. The summed E-state index contributed by atoms with van der Waals surface area (Å²) < 4.78 is 43.2. The van der Waals surface area contributed by atoms with Gasteiger partial charge in [0, 0.05) is 22.9 Å². The highest BCUT2D eigenvalue weighted by Crippen LogP contribution is 2.33. The monoisotopic (exact) mass is 411 g/mol. The average molecular weight is 411 g/mol. The lowest BCUT2D eigenvalue weighted by molar-refractivity contribution is -0.274. The molecule has 4 nitrogen and oxygen atoms in total. The van der Waals surface area contributed by atoms with E-state index < -0.39 is 12.3 Å². The van der Waals surface area contributed by atoms with Gasteiger partial charge in [-0.15, -0.1) is 13.2 Å². The SMILES string of the molecule is CCc1c[c]c2c3c(C(N)=O)cccc3n(Cc3ccc(OC(F)(F)F)cc3)c2c1. The number of primary amides is 1. The predicted octanol–water partition coefficient (Wildman–Crippen LogP) is 5.20. The number of halogens is 3. The van der Waals surface area contributed by atoms with Gasteiger partial charge in [0.15, 0.2) is 0 Å². The van der Waals surface area contributed by atoms with Crippen molar-refractivity contribution in [1.29, 1.82) is 0 Å². The highest BCUT2D eigenvalue weighted by atomic mass is 19.4. The van der Waals surface area contributed by atoms with Gasteiger partial charge >= 0.3 is 6.36 Å². The van der Waals surface area contributed by atoms with Crippen molar-refractivity contribution in [2.45, 2.75) is 26.3 Å². The number of nitrogens with two attached hydrogens (primary N) is 1. The van der Waals surface area contributed by atoms with Gasteiger partial charge in [0.2, 0.25) is 5.91 Å². The molecular weight excluding hydrogens is 393 g/mol. The number of carbonyl (C=O) groups excluding carboxylic acids is 1. The Morgan fingerprint density at radius 2 is 1.83 bits per heavy atom. The molecular formula is C23H18F3N2O2. The van der Waals surface area contributed by atoms with E-state index in [1.165, 1.54) is 12.1 Å². The second kappa shape index (κ2) is 7.40. The first kappa shape index (κ1) is 19.8. The smallest absolute Gasteiger partial charge is 0.406 e. The number of alkyl halides is 3. The number of ether oxygens (including phenoxy) is 1. The minimum Gasteiger partial charge on any atom is -0.406 e. The number of nitrogens with zero attached hydrogens (tertiary/aromatic N) is 1. The van der Waals surface area contributed by atoms with Crippen LogP contribution in [0.25, 0.3) is 21.8 Å². The number of amides is 1. The topological polar surface area (TPSA) is 57.2 Å². The maximum atomic E-state index is 12.4. The zero-order valence-electron chi connectivity index (χ0n) is 16.1. The van der Waals surface area contributed by atoms with Crippen molar-refractivity contribution in [1.82, 2.24) is 4.57 Å². The number of aromatic nitrogens is 1. The van der Waals surface area contributed by atoms with Crippen molar-refractivity contribution >= 4 is 27.7 Å². The highest BCUT2D eigenvalue weighted by molar-refractivity contribution is 6.17. The van der Waals surface area contributed by atoms with Crippen molar-refractivity contribution in [3.63, 3.8) is 0 Å². The average Bonchev–Trinajstić information content (AvgIpc) is 3.01. The van der Waals surface area contributed by atoms with Gasteiger partial charge in [-0.3, -0.25) is 4.79 Å². The molecule has 0 atom stereocenters. The molecule has 0 bridgehead atoms. The van der Waals surface area contributed by atoms with Gasteiger partial charge in [0.1, 0.15) is 5.75 Å². The van der Waals surface area contributed by atoms with Gasteiger partial charge < -0.3 is 15.0 Å². The molecule has 1 aromatic heterocycles. The van der Waals surface area contributed by atoms with Crippen molar-refractivity contribution in [3.8, 4) is 5.75 Å². The van der Waals surface area contributed by atoms with Crippen LogP contribution < -0.4 is 10.5 Å². The van der Waals surface area contributed by atoms with E-state index in [4.69, 9.17) is 5.73 Å². The zero-order valence-corrected chi connectivity index (χ0v) is 16.1. The summed E-state index contributed by atoms with van der Waals surface area (Å²) in [5, 5.41) is 1.51. The highest BCUT2D eigenvalue weighted by Gasteiger charge is 2.31. The molecule has 1 radical (unpaired) electrons. The van der Waals surface area contributed by atoms with E-state index in [9.17, 15) is 18.0 Å². The Bertz CT molecular complexity index is 1240. The van der Waals surface area contributed by atoms with Crippen molar-refractivity contribution in [2.24, 2.45) is 5.73 Å². The quantitative estimate of drug-likeness (QED) is 0.491. The van der Waals surface area contributed by atoms with Gasteiger partial charge in [0.25, 0.3) is 0 Å². The molecule has 0 fully saturated rings.